The summed E-state index contributed by atoms with van der Waals surface area (Å²) < 4.78 is 37.6. The van der Waals surface area contributed by atoms with Gasteiger partial charge in [0.2, 0.25) is 0 Å². The third kappa shape index (κ3) is 5.06. The van der Waals surface area contributed by atoms with E-state index in [1.54, 1.807) is 6.07 Å². The molecule has 0 spiro atoms. The number of nitrogens with one attached hydrogen (secondary N) is 1. The summed E-state index contributed by atoms with van der Waals surface area (Å²) in [5.74, 6) is 0. The van der Waals surface area contributed by atoms with Crippen LogP contribution in [0.2, 0.25) is 0 Å². The molecular formula is C13H19F3N2. The van der Waals surface area contributed by atoms with Gasteiger partial charge in [-0.1, -0.05) is 18.2 Å². The predicted molar refractivity (Wildman–Crippen MR) is 66.3 cm³/mol. The van der Waals surface area contributed by atoms with Crippen LogP contribution in [0.15, 0.2) is 24.3 Å². The summed E-state index contributed by atoms with van der Waals surface area (Å²) in [6, 6.07) is 5.50. The van der Waals surface area contributed by atoms with Gasteiger partial charge in [-0.3, -0.25) is 0 Å². The second kappa shape index (κ2) is 6.75. The van der Waals surface area contributed by atoms with Crippen LogP contribution in [-0.2, 0) is 12.7 Å². The zero-order valence-electron chi connectivity index (χ0n) is 10.7. The smallest absolute Gasteiger partial charge is 0.320 e. The maximum atomic E-state index is 12.5. The summed E-state index contributed by atoms with van der Waals surface area (Å²) in [5.41, 5.74) is 0.111. The summed E-state index contributed by atoms with van der Waals surface area (Å²) in [4.78, 5) is 2.02. The minimum atomic E-state index is -4.26. The average Bonchev–Trinajstić information content (AvgIpc) is 2.28. The molecule has 0 aliphatic heterocycles. The van der Waals surface area contributed by atoms with E-state index in [2.05, 4.69) is 5.32 Å². The third-order valence-electron chi connectivity index (χ3n) is 2.67. The zero-order valence-corrected chi connectivity index (χ0v) is 10.7. The molecule has 5 heteroatoms. The second-order valence-electron chi connectivity index (χ2n) is 4.39. The van der Waals surface area contributed by atoms with Gasteiger partial charge in [0, 0.05) is 6.54 Å². The largest absolute Gasteiger partial charge is 0.416 e. The van der Waals surface area contributed by atoms with Gasteiger partial charge in [0.25, 0.3) is 0 Å². The van der Waals surface area contributed by atoms with Gasteiger partial charge in [0.15, 0.2) is 0 Å². The first-order chi connectivity index (χ1) is 8.43. The summed E-state index contributed by atoms with van der Waals surface area (Å²) in [6.45, 7) is 2.30. The molecular weight excluding hydrogens is 241 g/mol. The fourth-order valence-electron chi connectivity index (χ4n) is 1.76. The first-order valence-corrected chi connectivity index (χ1v) is 5.93. The molecule has 0 fully saturated rings. The van der Waals surface area contributed by atoms with E-state index in [-0.39, 0.29) is 0 Å². The van der Waals surface area contributed by atoms with Crippen LogP contribution in [0.1, 0.15) is 17.5 Å². The van der Waals surface area contributed by atoms with Gasteiger partial charge in [0.05, 0.1) is 5.56 Å². The predicted octanol–water partition coefficient (Wildman–Crippen LogP) is 2.75. The Morgan fingerprint density at radius 3 is 2.61 bits per heavy atom. The average molecular weight is 260 g/mol. The molecule has 0 radical (unpaired) electrons. The number of hydrogen-bond acceptors (Lipinski definition) is 2. The topological polar surface area (TPSA) is 15.3 Å². The van der Waals surface area contributed by atoms with Crippen molar-refractivity contribution in [2.75, 3.05) is 27.2 Å². The minimum Gasteiger partial charge on any atom is -0.320 e. The molecule has 1 aromatic rings. The van der Waals surface area contributed by atoms with E-state index in [4.69, 9.17) is 0 Å². The number of rotatable bonds is 6. The maximum Gasteiger partial charge on any atom is 0.416 e. The van der Waals surface area contributed by atoms with Crippen molar-refractivity contribution < 1.29 is 13.2 Å². The normalized spacial score (nSPS) is 12.1. The number of nitrogens with zero attached hydrogens (tertiary/aromatic N) is 1. The molecule has 0 aliphatic rings. The van der Waals surface area contributed by atoms with Crippen LogP contribution in [0.5, 0.6) is 0 Å². The van der Waals surface area contributed by atoms with E-state index < -0.39 is 11.7 Å². The Morgan fingerprint density at radius 1 is 1.28 bits per heavy atom. The Labute approximate surface area is 106 Å². The van der Waals surface area contributed by atoms with Crippen molar-refractivity contribution in [2.45, 2.75) is 19.1 Å². The first kappa shape index (κ1) is 15.0. The highest BCUT2D eigenvalue weighted by atomic mass is 19.4. The van der Waals surface area contributed by atoms with Crippen molar-refractivity contribution in [3.63, 3.8) is 0 Å². The van der Waals surface area contributed by atoms with Crippen molar-refractivity contribution in [1.82, 2.24) is 10.2 Å². The van der Waals surface area contributed by atoms with Crippen LogP contribution in [0.4, 0.5) is 13.2 Å². The van der Waals surface area contributed by atoms with E-state index >= 15 is 0 Å². The van der Waals surface area contributed by atoms with Crippen molar-refractivity contribution in [2.24, 2.45) is 0 Å². The van der Waals surface area contributed by atoms with Gasteiger partial charge < -0.3 is 10.2 Å². The zero-order chi connectivity index (χ0) is 13.6. The lowest BCUT2D eigenvalue weighted by Gasteiger charge is -2.17. The molecule has 0 unspecified atom stereocenters. The van der Waals surface area contributed by atoms with Crippen LogP contribution < -0.4 is 5.32 Å². The summed E-state index contributed by atoms with van der Waals surface area (Å²) in [6.07, 6.45) is -3.29. The maximum absolute atomic E-state index is 12.5. The van der Waals surface area contributed by atoms with E-state index in [1.165, 1.54) is 12.1 Å². The molecule has 0 amide bonds. The van der Waals surface area contributed by atoms with E-state index in [0.717, 1.165) is 25.6 Å². The van der Waals surface area contributed by atoms with E-state index in [0.29, 0.717) is 12.1 Å². The second-order valence-corrected chi connectivity index (χ2v) is 4.39. The van der Waals surface area contributed by atoms with Gasteiger partial charge in [0.1, 0.15) is 0 Å². The molecule has 18 heavy (non-hydrogen) atoms. The molecule has 1 rings (SSSR count). The molecule has 2 nitrogen and oxygen atoms in total. The van der Waals surface area contributed by atoms with Crippen molar-refractivity contribution in [3.05, 3.63) is 35.4 Å². The summed E-state index contributed by atoms with van der Waals surface area (Å²) in [5, 5.41) is 3.04. The van der Waals surface area contributed by atoms with Gasteiger partial charge in [-0.05, 0) is 45.2 Å². The molecule has 0 saturated carbocycles. The lowest BCUT2D eigenvalue weighted by atomic mass is 10.1. The lowest BCUT2D eigenvalue weighted by molar-refractivity contribution is -0.137. The van der Waals surface area contributed by atoms with Crippen molar-refractivity contribution >= 4 is 0 Å². The summed E-state index contributed by atoms with van der Waals surface area (Å²) >= 11 is 0. The molecule has 0 heterocycles. The van der Waals surface area contributed by atoms with Gasteiger partial charge in [-0.15, -0.1) is 0 Å². The van der Waals surface area contributed by atoms with Crippen LogP contribution >= 0.6 is 0 Å². The Morgan fingerprint density at radius 2 is 2.00 bits per heavy atom. The fraction of sp³-hybridized carbons (Fsp3) is 0.538. The van der Waals surface area contributed by atoms with E-state index in [1.807, 2.05) is 19.0 Å². The van der Waals surface area contributed by atoms with Crippen LogP contribution in [0.25, 0.3) is 0 Å². The first-order valence-electron chi connectivity index (χ1n) is 5.93. The van der Waals surface area contributed by atoms with Crippen molar-refractivity contribution in [3.8, 4) is 0 Å². The highest BCUT2D eigenvalue weighted by Gasteiger charge is 2.30. The molecule has 0 aliphatic carbocycles. The monoisotopic (exact) mass is 260 g/mol. The Balaban J connectivity index is 2.57. The Kier molecular flexibility index (Phi) is 5.62. The van der Waals surface area contributed by atoms with Crippen LogP contribution in [-0.4, -0.2) is 32.1 Å². The van der Waals surface area contributed by atoms with Crippen molar-refractivity contribution in [1.29, 1.82) is 0 Å². The summed E-state index contributed by atoms with van der Waals surface area (Å²) in [7, 11) is 3.79. The molecule has 0 bridgehead atoms. The Bertz CT molecular complexity index is 363. The lowest BCUT2D eigenvalue weighted by Crippen LogP contribution is -2.22. The highest BCUT2D eigenvalue weighted by Crippen LogP contribution is 2.29. The fourth-order valence-corrected chi connectivity index (χ4v) is 1.76. The van der Waals surface area contributed by atoms with Gasteiger partial charge in [-0.2, -0.15) is 13.2 Å². The molecule has 0 saturated heterocycles. The van der Waals surface area contributed by atoms with Gasteiger partial charge >= 0.3 is 6.18 Å². The Hall–Kier alpha value is -1.07. The SMILES string of the molecule is CNCCCN(C)Cc1cccc(C(F)(F)F)c1. The molecule has 0 aromatic heterocycles. The highest BCUT2D eigenvalue weighted by molar-refractivity contribution is 5.25. The number of hydrogen-bond donors (Lipinski definition) is 1. The minimum absolute atomic E-state index is 0.535. The molecule has 102 valence electrons. The molecule has 0 atom stereocenters. The standard InChI is InChI=1S/C13H19F3N2/c1-17-7-4-8-18(2)10-11-5-3-6-12(9-11)13(14,15)16/h3,5-6,9,17H,4,7-8,10H2,1-2H3. The third-order valence-corrected chi connectivity index (χ3v) is 2.67. The van der Waals surface area contributed by atoms with Crippen LogP contribution in [0.3, 0.4) is 0 Å². The van der Waals surface area contributed by atoms with Gasteiger partial charge in [-0.25, -0.2) is 0 Å². The number of halogens is 3. The van der Waals surface area contributed by atoms with E-state index in [9.17, 15) is 13.2 Å². The van der Waals surface area contributed by atoms with Crippen LogP contribution in [0, 0.1) is 0 Å². The number of benzene rings is 1. The molecule has 1 aromatic carbocycles. The molecule has 1 N–H and O–H groups in total. The number of alkyl halides is 3. The quantitative estimate of drug-likeness (QED) is 0.791.